The number of aromatic nitrogens is 6. The van der Waals surface area contributed by atoms with Gasteiger partial charge >= 0.3 is 5.69 Å². The Hall–Kier alpha value is -3.20. The van der Waals surface area contributed by atoms with Gasteiger partial charge in [0.15, 0.2) is 11.2 Å². The summed E-state index contributed by atoms with van der Waals surface area (Å²) >= 11 is 5.88. The molecule has 0 atom stereocenters. The Morgan fingerprint density at radius 2 is 1.90 bits per heavy atom. The fourth-order valence-electron chi connectivity index (χ4n) is 3.23. The number of aromatic amines is 1. The van der Waals surface area contributed by atoms with Crippen molar-refractivity contribution < 1.29 is 4.52 Å². The molecule has 0 saturated carbocycles. The fourth-order valence-corrected chi connectivity index (χ4v) is 3.40. The predicted octanol–water partition coefficient (Wildman–Crippen LogP) is 2.63. The zero-order chi connectivity index (χ0) is 20.4. The van der Waals surface area contributed by atoms with E-state index in [9.17, 15) is 9.59 Å². The molecule has 0 bridgehead atoms. The van der Waals surface area contributed by atoms with Crippen molar-refractivity contribution in [3.63, 3.8) is 0 Å². The first-order valence-corrected chi connectivity index (χ1v) is 9.73. The number of nitrogens with one attached hydrogen (secondary N) is 1. The summed E-state index contributed by atoms with van der Waals surface area (Å²) in [5.74, 6) is 1.07. The maximum absolute atomic E-state index is 12.7. The molecule has 3 aromatic heterocycles. The van der Waals surface area contributed by atoms with Crippen molar-refractivity contribution in [3.8, 4) is 11.4 Å². The topological polar surface area (TPSA) is 112 Å². The first kappa shape index (κ1) is 19.1. The van der Waals surface area contributed by atoms with Gasteiger partial charge in [-0.15, -0.1) is 0 Å². The highest BCUT2D eigenvalue weighted by Gasteiger charge is 2.16. The van der Waals surface area contributed by atoms with E-state index in [4.69, 9.17) is 16.1 Å². The van der Waals surface area contributed by atoms with Gasteiger partial charge in [0.2, 0.25) is 17.0 Å². The number of aryl methyl sites for hydroxylation is 2. The summed E-state index contributed by atoms with van der Waals surface area (Å²) in [7, 11) is 0. The number of H-pyrrole nitrogens is 1. The largest absolute Gasteiger partial charge is 0.339 e. The molecule has 0 spiro atoms. The number of imidazole rings is 1. The minimum absolute atomic E-state index is 0.0852. The fraction of sp³-hybridized carbons (Fsp3) is 0.316. The number of unbranched alkanes of at least 4 members (excludes halogenated alkanes) is 1. The molecule has 0 aliphatic rings. The lowest BCUT2D eigenvalue weighted by molar-refractivity contribution is 0.372. The Balaban J connectivity index is 1.45. The second kappa shape index (κ2) is 8.04. The Kier molecular flexibility index (Phi) is 5.30. The summed E-state index contributed by atoms with van der Waals surface area (Å²) in [6.07, 6.45) is 1.86. The number of nitrogens with zero attached hydrogens (tertiary/aromatic N) is 5. The Morgan fingerprint density at radius 1 is 1.10 bits per heavy atom. The lowest BCUT2D eigenvalue weighted by Gasteiger charge is -2.09. The number of fused-ring (bicyclic) bond motifs is 1. The van der Waals surface area contributed by atoms with Crippen LogP contribution in [-0.4, -0.2) is 29.2 Å². The van der Waals surface area contributed by atoms with Crippen LogP contribution in [0.3, 0.4) is 0 Å². The van der Waals surface area contributed by atoms with Crippen molar-refractivity contribution in [2.75, 3.05) is 0 Å². The van der Waals surface area contributed by atoms with E-state index in [0.29, 0.717) is 37.5 Å². The molecule has 9 nitrogen and oxygen atoms in total. The monoisotopic (exact) mass is 414 g/mol. The van der Waals surface area contributed by atoms with Gasteiger partial charge in [0, 0.05) is 25.1 Å². The summed E-state index contributed by atoms with van der Waals surface area (Å²) < 4.78 is 7.94. The minimum Gasteiger partial charge on any atom is -0.339 e. The van der Waals surface area contributed by atoms with Crippen molar-refractivity contribution >= 4 is 22.8 Å². The quantitative estimate of drug-likeness (QED) is 0.367. The number of halogens is 1. The summed E-state index contributed by atoms with van der Waals surface area (Å²) in [6, 6.07) is 9.58. The number of benzene rings is 1. The van der Waals surface area contributed by atoms with Gasteiger partial charge in [-0.05, 0) is 31.4 Å². The van der Waals surface area contributed by atoms with Gasteiger partial charge in [-0.2, -0.15) is 9.97 Å². The smallest absolute Gasteiger partial charge is 0.332 e. The van der Waals surface area contributed by atoms with Crippen LogP contribution in [0.1, 0.15) is 25.7 Å². The third-order valence-electron chi connectivity index (χ3n) is 4.67. The van der Waals surface area contributed by atoms with Gasteiger partial charge in [0.1, 0.15) is 0 Å². The molecule has 1 N–H and O–H groups in total. The van der Waals surface area contributed by atoms with E-state index >= 15 is 0 Å². The molecule has 0 unspecified atom stereocenters. The summed E-state index contributed by atoms with van der Waals surface area (Å²) in [6.45, 7) is 2.49. The number of rotatable bonds is 7. The van der Waals surface area contributed by atoms with Crippen molar-refractivity contribution in [3.05, 3.63) is 62.3 Å². The molecule has 0 aliphatic carbocycles. The molecule has 1 aromatic carbocycles. The van der Waals surface area contributed by atoms with E-state index < -0.39 is 11.2 Å². The molecule has 4 rings (SSSR count). The van der Waals surface area contributed by atoms with E-state index in [1.165, 1.54) is 9.13 Å². The van der Waals surface area contributed by atoms with Crippen LogP contribution < -0.4 is 11.2 Å². The number of hydrogen-bond acceptors (Lipinski definition) is 6. The molecule has 0 radical (unpaired) electrons. The highest BCUT2D eigenvalue weighted by Crippen LogP contribution is 2.16. The first-order valence-electron chi connectivity index (χ1n) is 9.35. The standard InChI is InChI=1S/C19H19ClN6O3/c1-2-25-16-14(22-18(20)23-16)17(27)26(19(25)28)11-7-6-10-13-21-15(24-29-13)12-8-4-3-5-9-12/h3-5,8-9H,2,6-7,10-11H2,1H3,(H,22,23). The van der Waals surface area contributed by atoms with Gasteiger partial charge in [-0.1, -0.05) is 35.5 Å². The highest BCUT2D eigenvalue weighted by atomic mass is 35.5. The van der Waals surface area contributed by atoms with Crippen molar-refractivity contribution in [1.82, 2.24) is 29.2 Å². The van der Waals surface area contributed by atoms with Crippen LogP contribution >= 0.6 is 11.6 Å². The lowest BCUT2D eigenvalue weighted by Crippen LogP contribution is -2.40. The second-order valence-electron chi connectivity index (χ2n) is 6.54. The van der Waals surface area contributed by atoms with Crippen LogP contribution in [0.25, 0.3) is 22.6 Å². The van der Waals surface area contributed by atoms with Crippen LogP contribution in [0.2, 0.25) is 5.28 Å². The Morgan fingerprint density at radius 3 is 2.66 bits per heavy atom. The van der Waals surface area contributed by atoms with Crippen LogP contribution in [-0.2, 0) is 19.5 Å². The van der Waals surface area contributed by atoms with E-state index in [2.05, 4.69) is 20.1 Å². The van der Waals surface area contributed by atoms with Gasteiger partial charge in [0.05, 0.1) is 0 Å². The van der Waals surface area contributed by atoms with Crippen molar-refractivity contribution in [1.29, 1.82) is 0 Å². The van der Waals surface area contributed by atoms with Crippen LogP contribution in [0.5, 0.6) is 0 Å². The molecule has 0 aliphatic heterocycles. The predicted molar refractivity (Wildman–Crippen MR) is 108 cm³/mol. The summed E-state index contributed by atoms with van der Waals surface area (Å²) in [5.41, 5.74) is 0.597. The van der Waals surface area contributed by atoms with Crippen molar-refractivity contribution in [2.24, 2.45) is 0 Å². The van der Waals surface area contributed by atoms with E-state index in [-0.39, 0.29) is 23.0 Å². The second-order valence-corrected chi connectivity index (χ2v) is 6.90. The highest BCUT2D eigenvalue weighted by molar-refractivity contribution is 6.28. The van der Waals surface area contributed by atoms with E-state index in [0.717, 1.165) is 5.56 Å². The number of hydrogen-bond donors (Lipinski definition) is 1. The van der Waals surface area contributed by atoms with E-state index in [1.54, 1.807) is 0 Å². The lowest BCUT2D eigenvalue weighted by atomic mass is 10.2. The molecule has 10 heteroatoms. The molecule has 3 heterocycles. The third-order valence-corrected chi connectivity index (χ3v) is 4.85. The molecule has 29 heavy (non-hydrogen) atoms. The normalized spacial score (nSPS) is 11.4. The molecule has 150 valence electrons. The van der Waals surface area contributed by atoms with Crippen LogP contribution in [0, 0.1) is 0 Å². The third kappa shape index (κ3) is 3.73. The molecular weight excluding hydrogens is 396 g/mol. The molecule has 0 fully saturated rings. The molecule has 0 saturated heterocycles. The SMILES string of the molecule is CCn1c(=O)n(CCCCc2nc(-c3ccccc3)no2)c(=O)c2[nH]c(Cl)nc21. The zero-order valence-corrected chi connectivity index (χ0v) is 16.5. The average Bonchev–Trinajstić information content (AvgIpc) is 3.35. The van der Waals surface area contributed by atoms with Gasteiger partial charge in [0.25, 0.3) is 5.56 Å². The molecule has 0 amide bonds. The van der Waals surface area contributed by atoms with Crippen LogP contribution in [0.4, 0.5) is 0 Å². The summed E-state index contributed by atoms with van der Waals surface area (Å²) in [5, 5.41) is 4.08. The average molecular weight is 415 g/mol. The van der Waals surface area contributed by atoms with Crippen molar-refractivity contribution in [2.45, 2.75) is 39.3 Å². The minimum atomic E-state index is -0.418. The molecule has 4 aromatic rings. The van der Waals surface area contributed by atoms with E-state index in [1.807, 2.05) is 37.3 Å². The van der Waals surface area contributed by atoms with Gasteiger partial charge in [-0.3, -0.25) is 13.9 Å². The van der Waals surface area contributed by atoms with Gasteiger partial charge < -0.3 is 9.51 Å². The Labute approximate surface area is 170 Å². The van der Waals surface area contributed by atoms with Crippen LogP contribution in [0.15, 0.2) is 44.4 Å². The maximum atomic E-state index is 12.7. The first-order chi connectivity index (χ1) is 14.1. The Bertz CT molecular complexity index is 1250. The van der Waals surface area contributed by atoms with Gasteiger partial charge in [-0.25, -0.2) is 4.79 Å². The summed E-state index contributed by atoms with van der Waals surface area (Å²) in [4.78, 5) is 36.5. The zero-order valence-electron chi connectivity index (χ0n) is 15.8. The maximum Gasteiger partial charge on any atom is 0.332 e. The molecular formula is C19H19ClN6O3.